The van der Waals surface area contributed by atoms with Gasteiger partial charge in [0.15, 0.2) is 0 Å². The lowest BCUT2D eigenvalue weighted by atomic mass is 10.0. The Kier molecular flexibility index (Phi) is 3.77. The highest BCUT2D eigenvalue weighted by molar-refractivity contribution is 5.95. The highest BCUT2D eigenvalue weighted by Crippen LogP contribution is 2.39. The topological polar surface area (TPSA) is 51.0 Å². The molecule has 2 fully saturated rings. The van der Waals surface area contributed by atoms with Crippen LogP contribution >= 0.6 is 0 Å². The van der Waals surface area contributed by atoms with Crippen LogP contribution in [0.4, 0.5) is 4.39 Å². The minimum absolute atomic E-state index is 0.0273. The van der Waals surface area contributed by atoms with Crippen molar-refractivity contribution in [2.45, 2.75) is 24.8 Å². The smallest absolute Gasteiger partial charge is 0.253 e. The molecule has 2 aliphatic rings. The maximum atomic E-state index is 13.0. The molecule has 6 heteroatoms. The Hall–Kier alpha value is -3.02. The molecule has 2 heterocycles. The van der Waals surface area contributed by atoms with Gasteiger partial charge in [-0.3, -0.25) is 4.79 Å². The minimum atomic E-state index is -0.255. The van der Waals surface area contributed by atoms with Crippen molar-refractivity contribution >= 4 is 5.91 Å². The van der Waals surface area contributed by atoms with Crippen LogP contribution in [0.1, 0.15) is 40.9 Å². The van der Waals surface area contributed by atoms with E-state index in [1.54, 1.807) is 12.1 Å². The van der Waals surface area contributed by atoms with E-state index in [0.717, 1.165) is 16.8 Å². The van der Waals surface area contributed by atoms with Crippen LogP contribution in [-0.4, -0.2) is 38.9 Å². The standard InChI is InChI=1S/C21H19FN4O/c22-18-9-7-15(8-10-18)14-1-5-17(6-2-14)21(27)25-11-19(12-25)26-13-20(23-24-26)16-3-4-16/h1-2,5-10,13,16,19H,3-4,11-12H2. The van der Waals surface area contributed by atoms with Crippen molar-refractivity contribution < 1.29 is 9.18 Å². The van der Waals surface area contributed by atoms with Crippen molar-refractivity contribution in [3.05, 3.63) is 71.8 Å². The fourth-order valence-electron chi connectivity index (χ4n) is 3.45. The maximum absolute atomic E-state index is 13.0. The van der Waals surface area contributed by atoms with Crippen molar-refractivity contribution in [2.24, 2.45) is 0 Å². The number of nitrogens with zero attached hydrogens (tertiary/aromatic N) is 4. The second-order valence-electron chi connectivity index (χ2n) is 7.35. The molecule has 1 aliphatic heterocycles. The predicted molar refractivity (Wildman–Crippen MR) is 98.8 cm³/mol. The van der Waals surface area contributed by atoms with Crippen LogP contribution in [-0.2, 0) is 0 Å². The lowest BCUT2D eigenvalue weighted by molar-refractivity contribution is 0.0498. The second kappa shape index (κ2) is 6.30. The van der Waals surface area contributed by atoms with E-state index in [2.05, 4.69) is 10.3 Å². The Balaban J connectivity index is 1.23. The third kappa shape index (κ3) is 3.12. The number of aromatic nitrogens is 3. The first kappa shape index (κ1) is 16.2. The molecule has 1 saturated heterocycles. The fourth-order valence-corrected chi connectivity index (χ4v) is 3.45. The number of benzene rings is 2. The van der Waals surface area contributed by atoms with Crippen LogP contribution in [0, 0.1) is 5.82 Å². The monoisotopic (exact) mass is 362 g/mol. The highest BCUT2D eigenvalue weighted by Gasteiger charge is 2.34. The Bertz CT molecular complexity index is 970. The zero-order valence-electron chi connectivity index (χ0n) is 14.8. The van der Waals surface area contributed by atoms with Crippen LogP contribution in [0.5, 0.6) is 0 Å². The number of hydrogen-bond acceptors (Lipinski definition) is 3. The molecule has 0 spiro atoms. The lowest BCUT2D eigenvalue weighted by Crippen LogP contribution is -2.50. The molecule has 0 bridgehead atoms. The van der Waals surface area contributed by atoms with Crippen LogP contribution < -0.4 is 0 Å². The van der Waals surface area contributed by atoms with Gasteiger partial charge in [0.25, 0.3) is 5.91 Å². The van der Waals surface area contributed by atoms with Gasteiger partial charge >= 0.3 is 0 Å². The highest BCUT2D eigenvalue weighted by atomic mass is 19.1. The van der Waals surface area contributed by atoms with Gasteiger partial charge in [-0.05, 0) is 48.2 Å². The van der Waals surface area contributed by atoms with Gasteiger partial charge in [0.05, 0.1) is 11.7 Å². The first-order valence-electron chi connectivity index (χ1n) is 9.24. The first-order valence-corrected chi connectivity index (χ1v) is 9.24. The SMILES string of the molecule is O=C(c1ccc(-c2ccc(F)cc2)cc1)N1CC(n2cc(C3CC3)nn2)C1. The average Bonchev–Trinajstić information content (AvgIpc) is 3.40. The molecule has 0 N–H and O–H groups in total. The Labute approximate surface area is 156 Å². The summed E-state index contributed by atoms with van der Waals surface area (Å²) in [6.45, 7) is 1.32. The zero-order valence-corrected chi connectivity index (χ0v) is 14.8. The van der Waals surface area contributed by atoms with Gasteiger partial charge in [0.1, 0.15) is 5.82 Å². The van der Waals surface area contributed by atoms with Gasteiger partial charge in [-0.2, -0.15) is 0 Å². The van der Waals surface area contributed by atoms with Crippen LogP contribution in [0.2, 0.25) is 0 Å². The Morgan fingerprint density at radius 3 is 2.22 bits per heavy atom. The summed E-state index contributed by atoms with van der Waals surface area (Å²) in [5, 5.41) is 8.46. The van der Waals surface area contributed by atoms with E-state index in [0.29, 0.717) is 24.6 Å². The molecule has 2 aromatic carbocycles. The lowest BCUT2D eigenvalue weighted by Gasteiger charge is -2.38. The van der Waals surface area contributed by atoms with Gasteiger partial charge in [0, 0.05) is 30.8 Å². The molecule has 0 atom stereocenters. The molecule has 5 rings (SSSR count). The summed E-state index contributed by atoms with van der Waals surface area (Å²) in [5.74, 6) is 0.366. The third-order valence-corrected chi connectivity index (χ3v) is 5.36. The van der Waals surface area contributed by atoms with E-state index in [4.69, 9.17) is 0 Å². The molecule has 0 unspecified atom stereocenters. The maximum Gasteiger partial charge on any atom is 0.253 e. The van der Waals surface area contributed by atoms with Crippen molar-refractivity contribution in [1.29, 1.82) is 0 Å². The van der Waals surface area contributed by atoms with E-state index >= 15 is 0 Å². The normalized spacial score (nSPS) is 17.0. The summed E-state index contributed by atoms with van der Waals surface area (Å²) >= 11 is 0. The largest absolute Gasteiger partial charge is 0.334 e. The van der Waals surface area contributed by atoms with Crippen molar-refractivity contribution in [2.75, 3.05) is 13.1 Å². The van der Waals surface area contributed by atoms with E-state index in [9.17, 15) is 9.18 Å². The van der Waals surface area contributed by atoms with Gasteiger partial charge in [-0.1, -0.05) is 29.5 Å². The van der Waals surface area contributed by atoms with E-state index in [-0.39, 0.29) is 17.8 Å². The van der Waals surface area contributed by atoms with Crippen LogP contribution in [0.3, 0.4) is 0 Å². The molecule has 1 aliphatic carbocycles. The summed E-state index contributed by atoms with van der Waals surface area (Å²) in [5.41, 5.74) is 3.63. The first-order chi connectivity index (χ1) is 13.2. The van der Waals surface area contributed by atoms with E-state index in [1.807, 2.05) is 40.0 Å². The van der Waals surface area contributed by atoms with E-state index < -0.39 is 0 Å². The summed E-state index contributed by atoms with van der Waals surface area (Å²) < 4.78 is 14.9. The third-order valence-electron chi connectivity index (χ3n) is 5.36. The molecule has 27 heavy (non-hydrogen) atoms. The Morgan fingerprint density at radius 1 is 0.963 bits per heavy atom. The van der Waals surface area contributed by atoms with Gasteiger partial charge in [0.2, 0.25) is 0 Å². The summed E-state index contributed by atoms with van der Waals surface area (Å²) in [6.07, 6.45) is 4.45. The molecule has 0 radical (unpaired) electrons. The van der Waals surface area contributed by atoms with Crippen molar-refractivity contribution in [3.63, 3.8) is 0 Å². The zero-order chi connectivity index (χ0) is 18.4. The van der Waals surface area contributed by atoms with E-state index in [1.165, 1.54) is 25.0 Å². The molecule has 3 aromatic rings. The van der Waals surface area contributed by atoms with Gasteiger partial charge < -0.3 is 4.90 Å². The number of rotatable bonds is 4. The molecule has 5 nitrogen and oxygen atoms in total. The van der Waals surface area contributed by atoms with Crippen molar-refractivity contribution in [3.8, 4) is 11.1 Å². The number of halogens is 1. The quantitative estimate of drug-likeness (QED) is 0.712. The molecule has 1 saturated carbocycles. The number of carbonyl (C=O) groups is 1. The number of amides is 1. The minimum Gasteiger partial charge on any atom is -0.334 e. The molecular weight excluding hydrogens is 343 g/mol. The van der Waals surface area contributed by atoms with Crippen molar-refractivity contribution in [1.82, 2.24) is 19.9 Å². The molecule has 136 valence electrons. The second-order valence-corrected chi connectivity index (χ2v) is 7.35. The Morgan fingerprint density at radius 2 is 1.59 bits per heavy atom. The number of likely N-dealkylation sites (tertiary alicyclic amines) is 1. The number of carbonyl (C=O) groups excluding carboxylic acids is 1. The van der Waals surface area contributed by atoms with Gasteiger partial charge in [-0.25, -0.2) is 9.07 Å². The molecular formula is C21H19FN4O. The molecule has 1 amide bonds. The average molecular weight is 362 g/mol. The van der Waals surface area contributed by atoms with Crippen LogP contribution in [0.15, 0.2) is 54.7 Å². The van der Waals surface area contributed by atoms with Gasteiger partial charge in [-0.15, -0.1) is 5.10 Å². The summed E-state index contributed by atoms with van der Waals surface area (Å²) in [4.78, 5) is 14.5. The molecule has 1 aromatic heterocycles. The predicted octanol–water partition coefficient (Wildman–Crippen LogP) is 3.66. The number of hydrogen-bond donors (Lipinski definition) is 0. The summed E-state index contributed by atoms with van der Waals surface area (Å²) in [7, 11) is 0. The summed E-state index contributed by atoms with van der Waals surface area (Å²) in [6, 6.07) is 14.0. The van der Waals surface area contributed by atoms with Crippen LogP contribution in [0.25, 0.3) is 11.1 Å². The fraction of sp³-hybridized carbons (Fsp3) is 0.286.